The van der Waals surface area contributed by atoms with Crippen LogP contribution in [0.2, 0.25) is 5.15 Å². The first-order valence-corrected chi connectivity index (χ1v) is 8.81. The summed E-state index contributed by atoms with van der Waals surface area (Å²) in [5.74, 6) is -0.714. The van der Waals surface area contributed by atoms with E-state index in [9.17, 15) is 18.0 Å². The second-order valence-electron chi connectivity index (χ2n) is 5.30. The molecule has 0 aliphatic carbocycles. The number of benzene rings is 1. The number of hydrogen-bond acceptors (Lipinski definition) is 4. The van der Waals surface area contributed by atoms with Gasteiger partial charge in [0.1, 0.15) is 5.15 Å². The van der Waals surface area contributed by atoms with Crippen molar-refractivity contribution in [2.24, 2.45) is 0 Å². The van der Waals surface area contributed by atoms with E-state index in [0.29, 0.717) is 11.2 Å². The van der Waals surface area contributed by atoms with E-state index in [1.807, 2.05) is 12.1 Å². The Morgan fingerprint density at radius 1 is 1.11 bits per heavy atom. The van der Waals surface area contributed by atoms with Gasteiger partial charge >= 0.3 is 5.51 Å². The van der Waals surface area contributed by atoms with Gasteiger partial charge in [0.05, 0.1) is 16.8 Å². The van der Waals surface area contributed by atoms with E-state index in [2.05, 4.69) is 15.3 Å². The molecule has 2 heterocycles. The van der Waals surface area contributed by atoms with Gasteiger partial charge in [0.2, 0.25) is 0 Å². The molecule has 2 aromatic heterocycles. The standard InChI is InChI=1S/C18H11ClF3N3OS/c19-15-7-6-12(9-24-15)13(10-27-18(20,21)22)17(26)25-14-5-1-3-11-4-2-8-23-16(11)14/h1-10H,(H,25,26)/b13-10-. The lowest BCUT2D eigenvalue weighted by Crippen LogP contribution is -2.14. The predicted octanol–water partition coefficient (Wildman–Crippen LogP) is 5.52. The maximum absolute atomic E-state index is 12.7. The summed E-state index contributed by atoms with van der Waals surface area (Å²) >= 11 is 5.30. The van der Waals surface area contributed by atoms with E-state index < -0.39 is 23.2 Å². The lowest BCUT2D eigenvalue weighted by Gasteiger charge is -2.11. The Kier molecular flexibility index (Phi) is 5.67. The van der Waals surface area contributed by atoms with Crippen molar-refractivity contribution in [3.63, 3.8) is 0 Å². The van der Waals surface area contributed by atoms with Crippen molar-refractivity contribution in [3.8, 4) is 0 Å². The van der Waals surface area contributed by atoms with Crippen LogP contribution in [-0.2, 0) is 4.79 Å². The SMILES string of the molecule is O=C(Nc1cccc2cccnc12)/C(=C\SC(F)(F)F)c1ccc(Cl)nc1. The van der Waals surface area contributed by atoms with Crippen molar-refractivity contribution in [2.45, 2.75) is 5.51 Å². The van der Waals surface area contributed by atoms with Crippen LogP contribution in [0.4, 0.5) is 18.9 Å². The smallest absolute Gasteiger partial charge is 0.320 e. The topological polar surface area (TPSA) is 54.9 Å². The maximum Gasteiger partial charge on any atom is 0.445 e. The molecule has 27 heavy (non-hydrogen) atoms. The Bertz CT molecular complexity index is 1000. The molecule has 0 bridgehead atoms. The number of carbonyl (C=O) groups is 1. The number of thioether (sulfide) groups is 1. The Labute approximate surface area is 161 Å². The number of amides is 1. The molecule has 0 unspecified atom stereocenters. The summed E-state index contributed by atoms with van der Waals surface area (Å²) in [6, 6.07) is 11.6. The third-order valence-corrected chi connectivity index (χ3v) is 4.32. The minimum Gasteiger partial charge on any atom is -0.320 e. The number of nitrogens with one attached hydrogen (secondary N) is 1. The van der Waals surface area contributed by atoms with Crippen molar-refractivity contribution in [3.05, 3.63) is 71.0 Å². The van der Waals surface area contributed by atoms with Gasteiger partial charge in [-0.15, -0.1) is 0 Å². The van der Waals surface area contributed by atoms with Crippen LogP contribution < -0.4 is 5.32 Å². The molecule has 3 rings (SSSR count). The molecule has 0 saturated heterocycles. The zero-order valence-electron chi connectivity index (χ0n) is 13.5. The fraction of sp³-hybridized carbons (Fsp3) is 0.0556. The highest BCUT2D eigenvalue weighted by Gasteiger charge is 2.28. The monoisotopic (exact) mass is 409 g/mol. The fourth-order valence-corrected chi connectivity index (χ4v) is 2.91. The molecule has 0 spiro atoms. The fourth-order valence-electron chi connectivity index (χ4n) is 2.31. The number of carbonyl (C=O) groups excluding carboxylic acids is 1. The van der Waals surface area contributed by atoms with Crippen LogP contribution in [0, 0.1) is 0 Å². The van der Waals surface area contributed by atoms with Crippen LogP contribution in [0.1, 0.15) is 5.56 Å². The zero-order chi connectivity index (χ0) is 19.4. The number of anilines is 1. The molecule has 0 fully saturated rings. The van der Waals surface area contributed by atoms with Gasteiger partial charge in [0, 0.05) is 23.3 Å². The van der Waals surface area contributed by atoms with Gasteiger partial charge in [0.15, 0.2) is 0 Å². The highest BCUT2D eigenvalue weighted by molar-refractivity contribution is 8.03. The number of rotatable bonds is 4. The zero-order valence-corrected chi connectivity index (χ0v) is 15.1. The van der Waals surface area contributed by atoms with Crippen LogP contribution in [-0.4, -0.2) is 21.4 Å². The Hall–Kier alpha value is -2.58. The van der Waals surface area contributed by atoms with Crippen molar-refractivity contribution in [1.82, 2.24) is 9.97 Å². The molecule has 4 nitrogen and oxygen atoms in total. The highest BCUT2D eigenvalue weighted by Crippen LogP contribution is 2.34. The lowest BCUT2D eigenvalue weighted by molar-refractivity contribution is -0.111. The maximum atomic E-state index is 12.7. The first kappa shape index (κ1) is 19.2. The van der Waals surface area contributed by atoms with Gasteiger partial charge < -0.3 is 5.32 Å². The number of pyridine rings is 2. The molecule has 1 amide bonds. The summed E-state index contributed by atoms with van der Waals surface area (Å²) in [4.78, 5) is 20.7. The average Bonchev–Trinajstić information content (AvgIpc) is 2.63. The number of fused-ring (bicyclic) bond motifs is 1. The van der Waals surface area contributed by atoms with Crippen molar-refractivity contribution >= 4 is 51.4 Å². The van der Waals surface area contributed by atoms with Crippen molar-refractivity contribution < 1.29 is 18.0 Å². The van der Waals surface area contributed by atoms with Crippen LogP contribution >= 0.6 is 23.4 Å². The number of aromatic nitrogens is 2. The summed E-state index contributed by atoms with van der Waals surface area (Å²) in [5, 5.41) is 4.33. The third-order valence-electron chi connectivity index (χ3n) is 3.47. The average molecular weight is 410 g/mol. The normalized spacial score (nSPS) is 12.2. The van der Waals surface area contributed by atoms with Crippen molar-refractivity contribution in [2.75, 3.05) is 5.32 Å². The van der Waals surface area contributed by atoms with E-state index in [0.717, 1.165) is 10.8 Å². The molecule has 0 saturated carbocycles. The molecule has 3 aromatic rings. The molecule has 0 aliphatic heterocycles. The molecule has 1 aromatic carbocycles. The van der Waals surface area contributed by atoms with Gasteiger partial charge in [-0.25, -0.2) is 4.98 Å². The second-order valence-corrected chi connectivity index (χ2v) is 6.62. The van der Waals surface area contributed by atoms with Gasteiger partial charge in [-0.3, -0.25) is 9.78 Å². The number of hydrogen-bond donors (Lipinski definition) is 1. The lowest BCUT2D eigenvalue weighted by atomic mass is 10.1. The molecule has 0 radical (unpaired) electrons. The molecule has 0 aliphatic rings. The number of para-hydroxylation sites is 1. The molecule has 0 atom stereocenters. The molecular formula is C18H11ClF3N3OS. The van der Waals surface area contributed by atoms with Crippen LogP contribution in [0.3, 0.4) is 0 Å². The molecule has 9 heteroatoms. The summed E-state index contributed by atoms with van der Waals surface area (Å²) in [6.07, 6.45) is 2.81. The van der Waals surface area contributed by atoms with E-state index in [4.69, 9.17) is 11.6 Å². The molecular weight excluding hydrogens is 399 g/mol. The van der Waals surface area contributed by atoms with E-state index in [1.165, 1.54) is 18.3 Å². The summed E-state index contributed by atoms with van der Waals surface area (Å²) in [6.45, 7) is 0. The first-order chi connectivity index (χ1) is 12.8. The highest BCUT2D eigenvalue weighted by atomic mass is 35.5. The molecule has 1 N–H and O–H groups in total. The third kappa shape index (κ3) is 4.99. The predicted molar refractivity (Wildman–Crippen MR) is 101 cm³/mol. The van der Waals surface area contributed by atoms with Gasteiger partial charge in [-0.05, 0) is 41.4 Å². The molecule has 138 valence electrons. The van der Waals surface area contributed by atoms with Crippen LogP contribution in [0.25, 0.3) is 16.5 Å². The van der Waals surface area contributed by atoms with E-state index in [1.54, 1.807) is 24.4 Å². The Morgan fingerprint density at radius 2 is 1.89 bits per heavy atom. The van der Waals surface area contributed by atoms with Gasteiger partial charge in [-0.1, -0.05) is 29.8 Å². The van der Waals surface area contributed by atoms with Gasteiger partial charge in [-0.2, -0.15) is 13.2 Å². The minimum absolute atomic E-state index is 0.167. The summed E-state index contributed by atoms with van der Waals surface area (Å²) in [5.41, 5.74) is -3.57. The van der Waals surface area contributed by atoms with Crippen LogP contribution in [0.15, 0.2) is 60.3 Å². The number of alkyl halides is 3. The quantitative estimate of drug-likeness (QED) is 0.455. The first-order valence-electron chi connectivity index (χ1n) is 7.55. The van der Waals surface area contributed by atoms with Gasteiger partial charge in [0.25, 0.3) is 5.91 Å². The number of nitrogens with zero attached hydrogens (tertiary/aromatic N) is 2. The number of halogens is 4. The van der Waals surface area contributed by atoms with Crippen molar-refractivity contribution in [1.29, 1.82) is 0 Å². The van der Waals surface area contributed by atoms with E-state index >= 15 is 0 Å². The summed E-state index contributed by atoms with van der Waals surface area (Å²) < 4.78 is 37.9. The van der Waals surface area contributed by atoms with E-state index in [-0.39, 0.29) is 16.3 Å². The van der Waals surface area contributed by atoms with Crippen LogP contribution in [0.5, 0.6) is 0 Å². The largest absolute Gasteiger partial charge is 0.445 e. The summed E-state index contributed by atoms with van der Waals surface area (Å²) in [7, 11) is 0. The minimum atomic E-state index is -4.52. The Morgan fingerprint density at radius 3 is 2.59 bits per heavy atom. The Balaban J connectivity index is 1.96. The second kappa shape index (κ2) is 7.98.